The largest absolute Gasteiger partial charge is 0.366 e. The van der Waals surface area contributed by atoms with E-state index in [2.05, 4.69) is 34.6 Å². The van der Waals surface area contributed by atoms with Gasteiger partial charge in [0.05, 0.1) is 23.4 Å². The maximum Gasteiger partial charge on any atom is 0.0926 e. The topological polar surface area (TPSA) is 25.1 Å². The van der Waals surface area contributed by atoms with Crippen LogP contribution in [0.1, 0.15) is 125 Å². The third kappa shape index (κ3) is 5.11. The summed E-state index contributed by atoms with van der Waals surface area (Å²) in [6.07, 6.45) is 20.9. The number of epoxide rings is 2. The Morgan fingerprint density at radius 1 is 0.700 bits per heavy atom. The zero-order chi connectivity index (χ0) is 21.4. The van der Waals surface area contributed by atoms with Gasteiger partial charge in [-0.1, -0.05) is 78.6 Å². The van der Waals surface area contributed by atoms with Crippen LogP contribution >= 0.6 is 0 Å². The van der Waals surface area contributed by atoms with Crippen molar-refractivity contribution >= 4 is 0 Å². The van der Waals surface area contributed by atoms with Crippen molar-refractivity contribution in [1.29, 1.82) is 0 Å². The van der Waals surface area contributed by atoms with Crippen molar-refractivity contribution in [3.8, 4) is 0 Å². The molecule has 8 atom stereocenters. The summed E-state index contributed by atoms with van der Waals surface area (Å²) >= 11 is 0. The van der Waals surface area contributed by atoms with Crippen LogP contribution in [-0.2, 0) is 9.47 Å². The quantitative estimate of drug-likeness (QED) is 0.237. The van der Waals surface area contributed by atoms with Crippen LogP contribution in [0.25, 0.3) is 0 Å². The molecule has 2 aliphatic heterocycles. The van der Waals surface area contributed by atoms with Crippen molar-refractivity contribution in [2.45, 2.75) is 148 Å². The van der Waals surface area contributed by atoms with Crippen LogP contribution in [-0.4, -0.2) is 23.4 Å². The second kappa shape index (κ2) is 9.42. The normalized spacial score (nSPS) is 45.5. The van der Waals surface area contributed by atoms with Crippen molar-refractivity contribution in [3.05, 3.63) is 0 Å². The van der Waals surface area contributed by atoms with E-state index in [-0.39, 0.29) is 11.2 Å². The molecule has 4 fully saturated rings. The van der Waals surface area contributed by atoms with E-state index in [1.54, 1.807) is 0 Å². The molecule has 0 N–H and O–H groups in total. The van der Waals surface area contributed by atoms with Crippen LogP contribution in [0.3, 0.4) is 0 Å². The average Bonchev–Trinajstić information content (AvgIpc) is 3.57. The molecule has 4 aliphatic rings. The lowest BCUT2D eigenvalue weighted by Crippen LogP contribution is -2.39. The molecule has 2 saturated carbocycles. The van der Waals surface area contributed by atoms with Gasteiger partial charge < -0.3 is 9.47 Å². The summed E-state index contributed by atoms with van der Waals surface area (Å²) in [5.74, 6) is 4.13. The first-order valence-electron chi connectivity index (χ1n) is 13.7. The molecule has 8 unspecified atom stereocenters. The summed E-state index contributed by atoms with van der Waals surface area (Å²) in [7, 11) is 0. The van der Waals surface area contributed by atoms with Gasteiger partial charge in [-0.3, -0.25) is 0 Å². The highest BCUT2D eigenvalue weighted by Gasteiger charge is 2.62. The average molecular weight is 419 g/mol. The number of fused-ring (bicyclic) bond motifs is 2. The molecule has 0 amide bonds. The predicted molar refractivity (Wildman–Crippen MR) is 126 cm³/mol. The molecule has 2 aliphatic carbocycles. The molecule has 0 aromatic rings. The van der Waals surface area contributed by atoms with Crippen molar-refractivity contribution in [3.63, 3.8) is 0 Å². The lowest BCUT2D eigenvalue weighted by Gasteiger charge is -2.41. The number of unbranched alkanes of at least 4 members (excludes halogenated alkanes) is 8. The summed E-state index contributed by atoms with van der Waals surface area (Å²) in [5, 5.41) is 0. The van der Waals surface area contributed by atoms with Crippen LogP contribution in [0.4, 0.5) is 0 Å². The van der Waals surface area contributed by atoms with Crippen LogP contribution in [0, 0.1) is 29.6 Å². The number of rotatable bonds is 12. The van der Waals surface area contributed by atoms with Gasteiger partial charge in [-0.15, -0.1) is 0 Å². The third-order valence-corrected chi connectivity index (χ3v) is 9.45. The van der Waals surface area contributed by atoms with Gasteiger partial charge in [-0.2, -0.15) is 0 Å². The molecule has 0 aromatic carbocycles. The highest BCUT2D eigenvalue weighted by Crippen LogP contribution is 2.59. The lowest BCUT2D eigenvalue weighted by atomic mass is 9.62. The Bertz CT molecular complexity index is 523. The van der Waals surface area contributed by atoms with Crippen molar-refractivity contribution in [2.75, 3.05) is 0 Å². The summed E-state index contributed by atoms with van der Waals surface area (Å²) < 4.78 is 12.4. The molecule has 174 valence electrons. The van der Waals surface area contributed by atoms with Gasteiger partial charge in [0, 0.05) is 0 Å². The molecule has 2 nitrogen and oxygen atoms in total. The fraction of sp³-hybridized carbons (Fsp3) is 1.00. The standard InChI is InChI=1S/C28H50O2/c1-6-7-8-9-10-11-12-13-14-15-24(22-16-20(2)25-27(4,18-22)29-25)23-17-21(3)26-28(5,19-23)30-26/h20-26H,6-19H2,1-5H3. The van der Waals surface area contributed by atoms with Crippen LogP contribution < -0.4 is 0 Å². The minimum atomic E-state index is 0.210. The SMILES string of the molecule is CCCCCCCCCCCC(C1CC(C)C2OC2(C)C1)C1CC(C)C2OC2(C)C1. The van der Waals surface area contributed by atoms with E-state index in [1.165, 1.54) is 89.9 Å². The Morgan fingerprint density at radius 2 is 1.13 bits per heavy atom. The van der Waals surface area contributed by atoms with Crippen molar-refractivity contribution < 1.29 is 9.47 Å². The highest BCUT2D eigenvalue weighted by atomic mass is 16.6. The van der Waals surface area contributed by atoms with Crippen LogP contribution in [0.15, 0.2) is 0 Å². The molecule has 2 heterocycles. The van der Waals surface area contributed by atoms with E-state index >= 15 is 0 Å². The van der Waals surface area contributed by atoms with E-state index in [0.717, 1.165) is 29.6 Å². The predicted octanol–water partition coefficient (Wildman–Crippen LogP) is 7.93. The van der Waals surface area contributed by atoms with E-state index in [0.29, 0.717) is 12.2 Å². The zero-order valence-corrected chi connectivity index (χ0v) is 20.8. The van der Waals surface area contributed by atoms with Gasteiger partial charge in [-0.05, 0) is 75.5 Å². The molecule has 0 aromatic heterocycles. The van der Waals surface area contributed by atoms with E-state index in [9.17, 15) is 0 Å². The maximum atomic E-state index is 6.19. The van der Waals surface area contributed by atoms with Gasteiger partial charge in [-0.25, -0.2) is 0 Å². The maximum absolute atomic E-state index is 6.19. The van der Waals surface area contributed by atoms with E-state index in [4.69, 9.17) is 9.47 Å². The molecular weight excluding hydrogens is 368 g/mol. The fourth-order valence-corrected chi connectivity index (χ4v) is 7.89. The van der Waals surface area contributed by atoms with Crippen LogP contribution in [0.2, 0.25) is 0 Å². The lowest BCUT2D eigenvalue weighted by molar-refractivity contribution is 0.0941. The van der Waals surface area contributed by atoms with Gasteiger partial charge >= 0.3 is 0 Å². The second-order valence-corrected chi connectivity index (χ2v) is 12.3. The Labute approximate surface area is 187 Å². The van der Waals surface area contributed by atoms with E-state index in [1.807, 2.05) is 0 Å². The first kappa shape index (κ1) is 23.1. The van der Waals surface area contributed by atoms with Gasteiger partial charge in [0.15, 0.2) is 0 Å². The summed E-state index contributed by atoms with van der Waals surface area (Å²) in [5.41, 5.74) is 0.420. The molecule has 30 heavy (non-hydrogen) atoms. The first-order chi connectivity index (χ1) is 14.4. The second-order valence-electron chi connectivity index (χ2n) is 12.3. The summed E-state index contributed by atoms with van der Waals surface area (Å²) in [6, 6.07) is 0. The number of hydrogen-bond donors (Lipinski definition) is 0. The minimum absolute atomic E-state index is 0.210. The Kier molecular flexibility index (Phi) is 7.25. The molecular formula is C28H50O2. The monoisotopic (exact) mass is 418 g/mol. The van der Waals surface area contributed by atoms with E-state index < -0.39 is 0 Å². The number of ether oxygens (including phenoxy) is 2. The fourth-order valence-electron chi connectivity index (χ4n) is 7.89. The smallest absolute Gasteiger partial charge is 0.0926 e. The van der Waals surface area contributed by atoms with Crippen molar-refractivity contribution in [1.82, 2.24) is 0 Å². The van der Waals surface area contributed by atoms with Crippen molar-refractivity contribution in [2.24, 2.45) is 29.6 Å². The summed E-state index contributed by atoms with van der Waals surface area (Å²) in [4.78, 5) is 0. The first-order valence-corrected chi connectivity index (χ1v) is 13.7. The Hall–Kier alpha value is -0.0800. The van der Waals surface area contributed by atoms with Crippen LogP contribution in [0.5, 0.6) is 0 Å². The minimum Gasteiger partial charge on any atom is -0.366 e. The van der Waals surface area contributed by atoms with Gasteiger partial charge in [0.1, 0.15) is 0 Å². The molecule has 4 rings (SSSR count). The van der Waals surface area contributed by atoms with Gasteiger partial charge in [0.2, 0.25) is 0 Å². The summed E-state index contributed by atoms with van der Waals surface area (Å²) in [6.45, 7) is 12.0. The molecule has 0 spiro atoms. The molecule has 2 saturated heterocycles. The molecule has 2 heteroatoms. The molecule has 0 bridgehead atoms. The Balaban J connectivity index is 1.28. The third-order valence-electron chi connectivity index (χ3n) is 9.45. The van der Waals surface area contributed by atoms with Gasteiger partial charge in [0.25, 0.3) is 0 Å². The molecule has 0 radical (unpaired) electrons. The zero-order valence-electron chi connectivity index (χ0n) is 20.8. The number of hydrogen-bond acceptors (Lipinski definition) is 2. The highest BCUT2D eigenvalue weighted by molar-refractivity contribution is 5.11. The Morgan fingerprint density at radius 3 is 1.57 bits per heavy atom.